The standard InChI is InChI=1S/C21H27N7/c1-25-9-5-8-18(15-25)26-10-12-27(13-11-26)20-19-14-24-28(21(19)23-16-22-20)17-6-3-2-4-7-17/h2-4,6-7,14,16,18H,5,8-13,15H2,1H3. The minimum atomic E-state index is 0.701. The van der Waals surface area contributed by atoms with Crippen LogP contribution in [-0.2, 0) is 0 Å². The van der Waals surface area contributed by atoms with Crippen LogP contribution in [-0.4, -0.2) is 81.9 Å². The van der Waals surface area contributed by atoms with Gasteiger partial charge in [-0.2, -0.15) is 5.10 Å². The van der Waals surface area contributed by atoms with E-state index in [1.54, 1.807) is 6.33 Å². The van der Waals surface area contributed by atoms with E-state index in [9.17, 15) is 0 Å². The summed E-state index contributed by atoms with van der Waals surface area (Å²) in [5, 5.41) is 5.61. The number of aromatic nitrogens is 4. The summed E-state index contributed by atoms with van der Waals surface area (Å²) >= 11 is 0. The normalized spacial score (nSPS) is 22.0. The Hall–Kier alpha value is -2.51. The maximum absolute atomic E-state index is 4.62. The van der Waals surface area contributed by atoms with E-state index in [4.69, 9.17) is 0 Å². The fraction of sp³-hybridized carbons (Fsp3) is 0.476. The summed E-state index contributed by atoms with van der Waals surface area (Å²) in [7, 11) is 2.24. The van der Waals surface area contributed by atoms with Gasteiger partial charge in [-0.1, -0.05) is 18.2 Å². The summed E-state index contributed by atoms with van der Waals surface area (Å²) in [5.41, 5.74) is 1.89. The molecule has 0 amide bonds. The first-order valence-electron chi connectivity index (χ1n) is 10.2. The van der Waals surface area contributed by atoms with Gasteiger partial charge in [-0.05, 0) is 38.6 Å². The maximum Gasteiger partial charge on any atom is 0.168 e. The molecule has 2 aliphatic rings. The van der Waals surface area contributed by atoms with Gasteiger partial charge in [-0.25, -0.2) is 14.6 Å². The molecule has 3 aromatic rings. The van der Waals surface area contributed by atoms with E-state index in [2.05, 4.69) is 36.8 Å². The van der Waals surface area contributed by atoms with Crippen molar-refractivity contribution in [1.29, 1.82) is 0 Å². The summed E-state index contributed by atoms with van der Waals surface area (Å²) in [6, 6.07) is 10.9. The van der Waals surface area contributed by atoms with E-state index < -0.39 is 0 Å². The second-order valence-corrected chi connectivity index (χ2v) is 7.91. The van der Waals surface area contributed by atoms with Gasteiger partial charge in [-0.15, -0.1) is 0 Å². The molecule has 0 saturated carbocycles. The van der Waals surface area contributed by atoms with Gasteiger partial charge in [0.25, 0.3) is 0 Å². The lowest BCUT2D eigenvalue weighted by Crippen LogP contribution is -2.54. The number of anilines is 1. The highest BCUT2D eigenvalue weighted by Gasteiger charge is 2.28. The van der Waals surface area contributed by atoms with Crippen molar-refractivity contribution < 1.29 is 0 Å². The third-order valence-electron chi connectivity index (χ3n) is 6.08. The molecule has 0 spiro atoms. The lowest BCUT2D eigenvalue weighted by atomic mass is 10.0. The number of hydrogen-bond donors (Lipinski definition) is 0. The van der Waals surface area contributed by atoms with Gasteiger partial charge in [0, 0.05) is 38.8 Å². The zero-order chi connectivity index (χ0) is 18.9. The van der Waals surface area contributed by atoms with Crippen LogP contribution < -0.4 is 4.90 Å². The number of likely N-dealkylation sites (N-methyl/N-ethyl adjacent to an activating group) is 1. The Morgan fingerprint density at radius 2 is 1.79 bits per heavy atom. The summed E-state index contributed by atoms with van der Waals surface area (Å²) in [4.78, 5) is 16.7. The Morgan fingerprint density at radius 3 is 2.57 bits per heavy atom. The highest BCUT2D eigenvalue weighted by Crippen LogP contribution is 2.26. The van der Waals surface area contributed by atoms with E-state index >= 15 is 0 Å². The molecular weight excluding hydrogens is 350 g/mol. The molecule has 28 heavy (non-hydrogen) atoms. The van der Waals surface area contributed by atoms with Crippen LogP contribution in [0.3, 0.4) is 0 Å². The minimum absolute atomic E-state index is 0.701. The molecule has 2 fully saturated rings. The van der Waals surface area contributed by atoms with Crippen molar-refractivity contribution in [3.8, 4) is 5.69 Å². The summed E-state index contributed by atoms with van der Waals surface area (Å²) in [6.45, 7) is 6.63. The number of benzene rings is 1. The van der Waals surface area contributed by atoms with Crippen molar-refractivity contribution in [2.24, 2.45) is 0 Å². The minimum Gasteiger partial charge on any atom is -0.353 e. The second-order valence-electron chi connectivity index (χ2n) is 7.91. The van der Waals surface area contributed by atoms with Gasteiger partial charge in [-0.3, -0.25) is 4.90 Å². The van der Waals surface area contributed by atoms with E-state index in [1.807, 2.05) is 41.2 Å². The molecule has 2 aliphatic heterocycles. The molecule has 5 rings (SSSR count). The van der Waals surface area contributed by atoms with Gasteiger partial charge in [0.2, 0.25) is 0 Å². The summed E-state index contributed by atoms with van der Waals surface area (Å²) in [5.74, 6) is 1.01. The quantitative estimate of drug-likeness (QED) is 0.696. The van der Waals surface area contributed by atoms with Crippen LogP contribution in [0.4, 0.5) is 5.82 Å². The highest BCUT2D eigenvalue weighted by molar-refractivity contribution is 5.87. The predicted octanol–water partition coefficient (Wildman–Crippen LogP) is 2.03. The average Bonchev–Trinajstić information content (AvgIpc) is 3.19. The molecule has 0 bridgehead atoms. The molecule has 7 heteroatoms. The van der Waals surface area contributed by atoms with Crippen LogP contribution in [0.15, 0.2) is 42.9 Å². The van der Waals surface area contributed by atoms with Crippen molar-refractivity contribution in [2.75, 3.05) is 51.2 Å². The average molecular weight is 377 g/mol. The van der Waals surface area contributed by atoms with Gasteiger partial charge in [0.05, 0.1) is 17.3 Å². The Balaban J connectivity index is 1.35. The number of fused-ring (bicyclic) bond motifs is 1. The van der Waals surface area contributed by atoms with E-state index in [0.29, 0.717) is 6.04 Å². The summed E-state index contributed by atoms with van der Waals surface area (Å²) < 4.78 is 1.90. The zero-order valence-corrected chi connectivity index (χ0v) is 16.4. The molecule has 0 aliphatic carbocycles. The first-order chi connectivity index (χ1) is 13.8. The Labute approximate surface area is 165 Å². The van der Waals surface area contributed by atoms with Crippen LogP contribution in [0.25, 0.3) is 16.7 Å². The van der Waals surface area contributed by atoms with E-state index in [-0.39, 0.29) is 0 Å². The third-order valence-corrected chi connectivity index (χ3v) is 6.08. The van der Waals surface area contributed by atoms with Crippen molar-refractivity contribution >= 4 is 16.9 Å². The number of hydrogen-bond acceptors (Lipinski definition) is 6. The number of para-hydroxylation sites is 1. The largest absolute Gasteiger partial charge is 0.353 e. The van der Waals surface area contributed by atoms with Gasteiger partial charge in [0.15, 0.2) is 5.65 Å². The Morgan fingerprint density at radius 1 is 0.964 bits per heavy atom. The number of piperidine rings is 1. The van der Waals surface area contributed by atoms with E-state index in [0.717, 1.165) is 48.7 Å². The molecule has 0 N–H and O–H groups in total. The first-order valence-corrected chi connectivity index (χ1v) is 10.2. The molecule has 1 atom stereocenters. The number of nitrogens with zero attached hydrogens (tertiary/aromatic N) is 7. The van der Waals surface area contributed by atoms with E-state index in [1.165, 1.54) is 25.9 Å². The summed E-state index contributed by atoms with van der Waals surface area (Å²) in [6.07, 6.45) is 6.21. The van der Waals surface area contributed by atoms with Crippen LogP contribution in [0.5, 0.6) is 0 Å². The van der Waals surface area contributed by atoms with Crippen molar-refractivity contribution in [1.82, 2.24) is 29.5 Å². The SMILES string of the molecule is CN1CCCC(N2CCN(c3ncnc4c3cnn4-c3ccccc3)CC2)C1. The topological polar surface area (TPSA) is 53.3 Å². The number of rotatable bonds is 3. The van der Waals surface area contributed by atoms with Crippen LogP contribution in [0.2, 0.25) is 0 Å². The lowest BCUT2D eigenvalue weighted by Gasteiger charge is -2.43. The van der Waals surface area contributed by atoms with Gasteiger partial charge < -0.3 is 9.80 Å². The molecule has 4 heterocycles. The van der Waals surface area contributed by atoms with Crippen LogP contribution in [0, 0.1) is 0 Å². The second kappa shape index (κ2) is 7.48. The molecule has 2 saturated heterocycles. The zero-order valence-electron chi connectivity index (χ0n) is 16.4. The number of likely N-dealkylation sites (tertiary alicyclic amines) is 1. The van der Waals surface area contributed by atoms with Gasteiger partial charge >= 0.3 is 0 Å². The van der Waals surface area contributed by atoms with Crippen LogP contribution >= 0.6 is 0 Å². The predicted molar refractivity (Wildman–Crippen MR) is 111 cm³/mol. The Bertz CT molecular complexity index is 930. The Kier molecular flexibility index (Phi) is 4.70. The molecule has 1 aromatic carbocycles. The molecule has 7 nitrogen and oxygen atoms in total. The van der Waals surface area contributed by atoms with Crippen LogP contribution in [0.1, 0.15) is 12.8 Å². The fourth-order valence-electron chi connectivity index (χ4n) is 4.58. The third kappa shape index (κ3) is 3.25. The smallest absolute Gasteiger partial charge is 0.168 e. The molecule has 1 unspecified atom stereocenters. The first kappa shape index (κ1) is 17.6. The molecule has 0 radical (unpaired) electrons. The maximum atomic E-state index is 4.62. The molecular formula is C21H27N7. The molecule has 2 aromatic heterocycles. The fourth-order valence-corrected chi connectivity index (χ4v) is 4.58. The molecule has 146 valence electrons. The monoisotopic (exact) mass is 377 g/mol. The highest BCUT2D eigenvalue weighted by atomic mass is 15.3. The van der Waals surface area contributed by atoms with Crippen molar-refractivity contribution in [3.05, 3.63) is 42.9 Å². The van der Waals surface area contributed by atoms with Gasteiger partial charge in [0.1, 0.15) is 12.1 Å². The van der Waals surface area contributed by atoms with Crippen molar-refractivity contribution in [2.45, 2.75) is 18.9 Å². The van der Waals surface area contributed by atoms with Crippen molar-refractivity contribution in [3.63, 3.8) is 0 Å². The lowest BCUT2D eigenvalue weighted by molar-refractivity contribution is 0.106. The number of piperazine rings is 1.